The van der Waals surface area contributed by atoms with Crippen molar-refractivity contribution in [3.63, 3.8) is 0 Å². The summed E-state index contributed by atoms with van der Waals surface area (Å²) in [5.74, 6) is 0.314. The number of aryl methyl sites for hydroxylation is 1. The Labute approximate surface area is 125 Å². The number of nitrogens with one attached hydrogen (secondary N) is 1. The highest BCUT2D eigenvalue weighted by atomic mass is 35.5. The van der Waals surface area contributed by atoms with E-state index in [1.165, 1.54) is 7.11 Å². The van der Waals surface area contributed by atoms with Crippen molar-refractivity contribution in [3.05, 3.63) is 33.8 Å². The number of hydrogen-bond acceptors (Lipinski definition) is 6. The quantitative estimate of drug-likeness (QED) is 0.873. The van der Waals surface area contributed by atoms with E-state index in [1.54, 1.807) is 7.11 Å². The maximum Gasteiger partial charge on any atom is 0.351 e. The molecule has 5 nitrogen and oxygen atoms in total. The molecule has 1 aromatic heterocycles. The molecule has 0 saturated heterocycles. The highest BCUT2D eigenvalue weighted by Crippen LogP contribution is 2.31. The molecule has 1 N–H and O–H groups in total. The number of benzene rings is 1. The van der Waals surface area contributed by atoms with Gasteiger partial charge in [-0.25, -0.2) is 9.78 Å². The van der Waals surface area contributed by atoms with Crippen molar-refractivity contribution < 1.29 is 14.3 Å². The number of nitrogens with zero attached hydrogens (tertiary/aromatic N) is 1. The number of anilines is 2. The lowest BCUT2D eigenvalue weighted by molar-refractivity contribution is 0.0606. The molecule has 0 fully saturated rings. The van der Waals surface area contributed by atoms with Crippen molar-refractivity contribution in [2.75, 3.05) is 19.5 Å². The van der Waals surface area contributed by atoms with Crippen LogP contribution in [-0.4, -0.2) is 25.2 Å². The van der Waals surface area contributed by atoms with Gasteiger partial charge in [-0.05, 0) is 30.7 Å². The van der Waals surface area contributed by atoms with Crippen LogP contribution in [0.1, 0.15) is 15.2 Å². The molecule has 1 aromatic carbocycles. The topological polar surface area (TPSA) is 60.5 Å². The van der Waals surface area contributed by atoms with Crippen molar-refractivity contribution in [3.8, 4) is 5.75 Å². The Balaban J connectivity index is 2.22. The number of thiazole rings is 1. The number of esters is 1. The minimum absolute atomic E-state index is 0.134. The number of rotatable bonds is 4. The van der Waals surface area contributed by atoms with Gasteiger partial charge in [0, 0.05) is 5.69 Å². The summed E-state index contributed by atoms with van der Waals surface area (Å²) in [7, 11) is 2.93. The molecule has 1 heterocycles. The SMILES string of the molecule is COC(=O)c1sc(Nc2ccc(OC)c(C)c2)nc1Cl. The van der Waals surface area contributed by atoms with Gasteiger partial charge in [-0.1, -0.05) is 22.9 Å². The summed E-state index contributed by atoms with van der Waals surface area (Å²) in [5.41, 5.74) is 1.83. The molecule has 2 rings (SSSR count). The maximum atomic E-state index is 11.5. The third kappa shape index (κ3) is 3.02. The third-order valence-corrected chi connectivity index (χ3v) is 3.94. The lowest BCUT2D eigenvalue weighted by Crippen LogP contribution is -1.98. The average molecular weight is 313 g/mol. The third-order valence-electron chi connectivity index (χ3n) is 2.60. The molecule has 0 aliphatic rings. The minimum atomic E-state index is -0.494. The summed E-state index contributed by atoms with van der Waals surface area (Å²) in [6.07, 6.45) is 0. The van der Waals surface area contributed by atoms with Crippen LogP contribution in [0.4, 0.5) is 10.8 Å². The van der Waals surface area contributed by atoms with Crippen LogP contribution in [0.15, 0.2) is 18.2 Å². The monoisotopic (exact) mass is 312 g/mol. The van der Waals surface area contributed by atoms with Crippen LogP contribution in [-0.2, 0) is 4.74 Å². The zero-order valence-electron chi connectivity index (χ0n) is 11.2. The Morgan fingerprint density at radius 1 is 1.40 bits per heavy atom. The smallest absolute Gasteiger partial charge is 0.351 e. The number of hydrogen-bond donors (Lipinski definition) is 1. The largest absolute Gasteiger partial charge is 0.496 e. The summed E-state index contributed by atoms with van der Waals surface area (Å²) in [5, 5.41) is 3.76. The van der Waals surface area contributed by atoms with Gasteiger partial charge in [0.05, 0.1) is 14.2 Å². The molecule has 0 spiro atoms. The minimum Gasteiger partial charge on any atom is -0.496 e. The van der Waals surface area contributed by atoms with Crippen LogP contribution >= 0.6 is 22.9 Å². The summed E-state index contributed by atoms with van der Waals surface area (Å²) >= 11 is 7.05. The molecule has 20 heavy (non-hydrogen) atoms. The van der Waals surface area contributed by atoms with Crippen LogP contribution in [0.2, 0.25) is 5.15 Å². The first kappa shape index (κ1) is 14.6. The van der Waals surface area contributed by atoms with Crippen molar-refractivity contribution in [1.82, 2.24) is 4.98 Å². The molecule has 0 atom stereocenters. The molecular weight excluding hydrogens is 300 g/mol. The first-order valence-corrected chi connectivity index (χ1v) is 6.91. The normalized spacial score (nSPS) is 10.2. The van der Waals surface area contributed by atoms with Gasteiger partial charge in [-0.2, -0.15) is 0 Å². The summed E-state index contributed by atoms with van der Waals surface area (Å²) < 4.78 is 9.83. The van der Waals surface area contributed by atoms with Gasteiger partial charge < -0.3 is 14.8 Å². The van der Waals surface area contributed by atoms with Gasteiger partial charge in [0.1, 0.15) is 5.75 Å². The summed E-state index contributed by atoms with van der Waals surface area (Å²) in [6.45, 7) is 1.94. The van der Waals surface area contributed by atoms with E-state index in [4.69, 9.17) is 16.3 Å². The van der Waals surface area contributed by atoms with Crippen molar-refractivity contribution in [1.29, 1.82) is 0 Å². The number of aromatic nitrogens is 1. The Morgan fingerprint density at radius 2 is 2.15 bits per heavy atom. The molecule has 106 valence electrons. The number of ether oxygens (including phenoxy) is 2. The van der Waals surface area contributed by atoms with Gasteiger partial charge in [0.15, 0.2) is 15.2 Å². The van der Waals surface area contributed by atoms with Crippen LogP contribution in [0.3, 0.4) is 0 Å². The van der Waals surface area contributed by atoms with E-state index in [0.717, 1.165) is 28.3 Å². The highest BCUT2D eigenvalue weighted by molar-refractivity contribution is 7.18. The molecule has 0 radical (unpaired) electrons. The zero-order chi connectivity index (χ0) is 14.7. The lowest BCUT2D eigenvalue weighted by atomic mass is 10.2. The summed E-state index contributed by atoms with van der Waals surface area (Å²) in [6, 6.07) is 5.64. The fourth-order valence-corrected chi connectivity index (χ4v) is 2.78. The number of carbonyl (C=O) groups excluding carboxylic acids is 1. The van der Waals surface area contributed by atoms with Gasteiger partial charge in [0.2, 0.25) is 0 Å². The van der Waals surface area contributed by atoms with E-state index in [-0.39, 0.29) is 10.0 Å². The number of methoxy groups -OCH3 is 2. The zero-order valence-corrected chi connectivity index (χ0v) is 12.8. The fourth-order valence-electron chi connectivity index (χ4n) is 1.65. The average Bonchev–Trinajstić information content (AvgIpc) is 2.79. The van der Waals surface area contributed by atoms with Gasteiger partial charge >= 0.3 is 5.97 Å². The molecule has 7 heteroatoms. The molecule has 0 bridgehead atoms. The second-order valence-electron chi connectivity index (χ2n) is 3.94. The van der Waals surface area contributed by atoms with E-state index in [0.29, 0.717) is 5.13 Å². The Morgan fingerprint density at radius 3 is 2.75 bits per heavy atom. The second-order valence-corrected chi connectivity index (χ2v) is 5.30. The molecule has 0 aliphatic heterocycles. The Bertz CT molecular complexity index is 643. The van der Waals surface area contributed by atoms with Crippen LogP contribution in [0.5, 0.6) is 5.75 Å². The van der Waals surface area contributed by atoms with Crippen molar-refractivity contribution in [2.45, 2.75) is 6.92 Å². The predicted octanol–water partition coefficient (Wildman–Crippen LogP) is 3.64. The second kappa shape index (κ2) is 6.11. The number of carbonyl (C=O) groups is 1. The van der Waals surface area contributed by atoms with Gasteiger partial charge in [-0.15, -0.1) is 0 Å². The first-order chi connectivity index (χ1) is 9.55. The van der Waals surface area contributed by atoms with E-state index in [9.17, 15) is 4.79 Å². The van der Waals surface area contributed by atoms with Crippen molar-refractivity contribution >= 4 is 39.7 Å². The van der Waals surface area contributed by atoms with E-state index < -0.39 is 5.97 Å². The van der Waals surface area contributed by atoms with E-state index in [2.05, 4.69) is 15.0 Å². The lowest BCUT2D eigenvalue weighted by Gasteiger charge is -2.07. The highest BCUT2D eigenvalue weighted by Gasteiger charge is 2.17. The Hall–Kier alpha value is -1.79. The van der Waals surface area contributed by atoms with E-state index >= 15 is 0 Å². The molecule has 0 amide bonds. The van der Waals surface area contributed by atoms with Crippen LogP contribution in [0.25, 0.3) is 0 Å². The van der Waals surface area contributed by atoms with E-state index in [1.807, 2.05) is 25.1 Å². The molecule has 0 unspecified atom stereocenters. The van der Waals surface area contributed by atoms with Crippen molar-refractivity contribution in [2.24, 2.45) is 0 Å². The molecular formula is C13H13ClN2O3S. The molecule has 0 saturated carbocycles. The first-order valence-electron chi connectivity index (χ1n) is 5.71. The predicted molar refractivity (Wildman–Crippen MR) is 79.5 cm³/mol. The number of halogens is 1. The molecule has 0 aliphatic carbocycles. The van der Waals surface area contributed by atoms with Gasteiger partial charge in [0.25, 0.3) is 0 Å². The Kier molecular flexibility index (Phi) is 4.46. The maximum absolute atomic E-state index is 11.5. The molecule has 2 aromatic rings. The summed E-state index contributed by atoms with van der Waals surface area (Å²) in [4.78, 5) is 15.8. The van der Waals surface area contributed by atoms with Gasteiger partial charge in [-0.3, -0.25) is 0 Å². The van der Waals surface area contributed by atoms with Crippen LogP contribution < -0.4 is 10.1 Å². The fraction of sp³-hybridized carbons (Fsp3) is 0.231. The van der Waals surface area contributed by atoms with Crippen LogP contribution in [0, 0.1) is 6.92 Å². The standard InChI is InChI=1S/C13H13ClN2O3S/c1-7-6-8(4-5-9(7)18-2)15-13-16-11(14)10(20-13)12(17)19-3/h4-6H,1-3H3,(H,15,16).